The van der Waals surface area contributed by atoms with E-state index in [1.807, 2.05) is 0 Å². The summed E-state index contributed by atoms with van der Waals surface area (Å²) in [6.07, 6.45) is -24.1. The molecule has 3 saturated heterocycles. The van der Waals surface area contributed by atoms with Gasteiger partial charge in [0.05, 0.1) is 19.3 Å². The second-order valence-electron chi connectivity index (χ2n) is 18.0. The minimum Gasteiger partial charge on any atom is -0.508 e. The molecule has 1 aliphatic carbocycles. The van der Waals surface area contributed by atoms with Crippen molar-refractivity contribution in [3.8, 4) is 62.9 Å². The van der Waals surface area contributed by atoms with Crippen LogP contribution in [0.4, 0.5) is 0 Å². The summed E-state index contributed by atoms with van der Waals surface area (Å²) in [6, 6.07) is 16.4. The van der Waals surface area contributed by atoms with Gasteiger partial charge >= 0.3 is 11.9 Å². The Bertz CT molecular complexity index is 2980. The van der Waals surface area contributed by atoms with Gasteiger partial charge in [0, 0.05) is 29.8 Å². The average molecular weight is 1090 g/mol. The van der Waals surface area contributed by atoms with E-state index in [1.165, 1.54) is 79.9 Å². The predicted molar refractivity (Wildman–Crippen MR) is 260 cm³/mol. The van der Waals surface area contributed by atoms with Crippen molar-refractivity contribution in [1.82, 2.24) is 0 Å². The van der Waals surface area contributed by atoms with Crippen molar-refractivity contribution in [3.05, 3.63) is 112 Å². The van der Waals surface area contributed by atoms with E-state index in [-0.39, 0.29) is 57.0 Å². The average Bonchev–Trinajstić information content (AvgIpc) is 3.49. The standard InChI is InChI=1S/C52H54O26/c1-69-33-15-23(3-11-29(33)57)5-13-39(60)71-21-37-42(63)45(66)49(78-51-47(68)44(65)41(62)36(76-51)20-70-38(59)12-4-22-2-10-28(56)30(58)14-22)52(77-37)74-34-18-27-31(72-48(34)24-6-8-25(54)9-7-24)16-26(55)17-32(27)73-50-46(67)43(64)40(61)35(19-53)75-50/h2-18,35-37,40-47,49-54,56-58,61-68H,19-21H2,1H3/t35-,36-,37-,40-,41-,42-,43+,44+,45+,46-,47-,49-,50-,51+,52+/m1/s1. The van der Waals surface area contributed by atoms with Gasteiger partial charge in [0.25, 0.3) is 0 Å². The molecule has 15 atom stereocenters. The Morgan fingerprint density at radius 1 is 0.551 bits per heavy atom. The van der Waals surface area contributed by atoms with E-state index in [2.05, 4.69) is 0 Å². The lowest BCUT2D eigenvalue weighted by Crippen LogP contribution is -2.65. The van der Waals surface area contributed by atoms with Crippen molar-refractivity contribution in [3.63, 3.8) is 0 Å². The van der Waals surface area contributed by atoms with E-state index in [9.17, 15) is 80.8 Å². The number of phenolic OH excluding ortho intramolecular Hbond substituents is 4. The van der Waals surface area contributed by atoms with Crippen LogP contribution in [0.15, 0.2) is 100 Å². The van der Waals surface area contributed by atoms with Crippen LogP contribution in [0, 0.1) is 0 Å². The van der Waals surface area contributed by atoms with Gasteiger partial charge in [-0.15, -0.1) is 0 Å². The molecule has 0 spiro atoms. The molecule has 4 heterocycles. The maximum absolute atomic E-state index is 13.1. The highest BCUT2D eigenvalue weighted by Crippen LogP contribution is 2.44. The first-order chi connectivity index (χ1) is 37.2. The van der Waals surface area contributed by atoms with Crippen LogP contribution in [-0.4, -0.2) is 197 Å². The second-order valence-corrected chi connectivity index (χ2v) is 18.0. The zero-order chi connectivity index (χ0) is 56.1. The number of rotatable bonds is 17. The second kappa shape index (κ2) is 24.5. The molecule has 3 aromatic rings. The molecular weight excluding hydrogens is 1040 g/mol. The Morgan fingerprint density at radius 3 is 1.72 bits per heavy atom. The zero-order valence-electron chi connectivity index (χ0n) is 40.7. The summed E-state index contributed by atoms with van der Waals surface area (Å²) in [4.78, 5) is 38.9. The molecule has 0 bridgehead atoms. The van der Waals surface area contributed by atoms with Gasteiger partial charge in [-0.3, -0.25) is 4.79 Å². The fourth-order valence-electron chi connectivity index (χ4n) is 8.37. The van der Waals surface area contributed by atoms with Crippen molar-refractivity contribution >= 4 is 24.1 Å². The van der Waals surface area contributed by atoms with Crippen molar-refractivity contribution in [2.75, 3.05) is 26.9 Å². The number of methoxy groups -OCH3 is 1. The molecule has 0 unspecified atom stereocenters. The SMILES string of the molecule is COc1cc(C=CC(=O)OC[C@H]2O[C@H](Oc3cc4c(O[C@@H]5O[C@H](CO)[C@@H](O)[C@H](O)[C@H]5O)cc(=O)cc-4oc3-c3ccc(O)cc3)[C@H](O[C@@H]3O[C@H](COC(=O)C=Cc4ccc(O)c(O)c4)[C@@H](O)[C@H](O)[C@H]3O)[C@@H](O)[C@@H]2O)ccc1O. The molecular formula is C52H54O26. The van der Waals surface area contributed by atoms with Gasteiger partial charge < -0.3 is 113 Å². The quantitative estimate of drug-likeness (QED) is 0.0300. The number of aliphatic hydroxyl groups is 9. The number of esters is 2. The maximum Gasteiger partial charge on any atom is 0.330 e. The lowest BCUT2D eigenvalue weighted by Gasteiger charge is -2.46. The highest BCUT2D eigenvalue weighted by Gasteiger charge is 2.52. The van der Waals surface area contributed by atoms with Gasteiger partial charge in [-0.1, -0.05) is 12.1 Å². The Morgan fingerprint density at radius 2 is 1.10 bits per heavy atom. The Hall–Kier alpha value is -7.41. The molecule has 3 fully saturated rings. The Balaban J connectivity index is 1.12. The molecule has 418 valence electrons. The summed E-state index contributed by atoms with van der Waals surface area (Å²) in [5, 5.41) is 138. The first-order valence-electron chi connectivity index (χ1n) is 23.7. The minimum absolute atomic E-state index is 0.107. The zero-order valence-corrected chi connectivity index (χ0v) is 40.7. The summed E-state index contributed by atoms with van der Waals surface area (Å²) in [6.45, 7) is -2.39. The third-order valence-corrected chi connectivity index (χ3v) is 12.7. The fraction of sp³-hybridized carbons (Fsp3) is 0.365. The largest absolute Gasteiger partial charge is 0.508 e. The molecule has 4 aliphatic heterocycles. The van der Waals surface area contributed by atoms with Crippen molar-refractivity contribution < 1.29 is 123 Å². The van der Waals surface area contributed by atoms with E-state index < -0.39 is 141 Å². The third kappa shape index (κ3) is 12.8. The molecule has 78 heavy (non-hydrogen) atoms. The lowest BCUT2D eigenvalue weighted by molar-refractivity contribution is -0.358. The molecule has 3 aromatic carbocycles. The lowest BCUT2D eigenvalue weighted by atomic mass is 9.97. The van der Waals surface area contributed by atoms with Crippen molar-refractivity contribution in [2.24, 2.45) is 0 Å². The highest BCUT2D eigenvalue weighted by molar-refractivity contribution is 5.88. The summed E-state index contributed by atoms with van der Waals surface area (Å²) in [5.41, 5.74) is 0.0213. The molecule has 0 aromatic heterocycles. The molecule has 0 amide bonds. The van der Waals surface area contributed by atoms with Crippen LogP contribution in [0.3, 0.4) is 0 Å². The van der Waals surface area contributed by atoms with Gasteiger partial charge in [0.15, 0.2) is 52.3 Å². The van der Waals surface area contributed by atoms with Crippen LogP contribution in [0.2, 0.25) is 0 Å². The number of phenols is 4. The maximum atomic E-state index is 13.1. The van der Waals surface area contributed by atoms with E-state index in [4.69, 9.17) is 47.0 Å². The number of benzene rings is 4. The van der Waals surface area contributed by atoms with Gasteiger partial charge in [-0.2, -0.15) is 0 Å². The molecule has 8 rings (SSSR count). The number of hydrogen-bond acceptors (Lipinski definition) is 26. The molecule has 26 nitrogen and oxygen atoms in total. The minimum atomic E-state index is -2.14. The van der Waals surface area contributed by atoms with E-state index in [0.29, 0.717) is 5.56 Å². The normalized spacial score (nSPS) is 29.3. The first kappa shape index (κ1) is 56.8. The van der Waals surface area contributed by atoms with Gasteiger partial charge in [-0.25, -0.2) is 9.59 Å². The highest BCUT2D eigenvalue weighted by atomic mass is 16.8. The van der Waals surface area contributed by atoms with Crippen LogP contribution < -0.4 is 19.6 Å². The summed E-state index contributed by atoms with van der Waals surface area (Å²) in [5.74, 6) is -4.28. The first-order valence-corrected chi connectivity index (χ1v) is 23.7. The number of carbonyl (C=O) groups excluding carboxylic acids is 2. The summed E-state index contributed by atoms with van der Waals surface area (Å²) >= 11 is 0. The Kier molecular flexibility index (Phi) is 17.8. The number of carbonyl (C=O) groups is 2. The summed E-state index contributed by atoms with van der Waals surface area (Å²) < 4.78 is 57.7. The number of aromatic hydroxyl groups is 4. The van der Waals surface area contributed by atoms with Crippen LogP contribution in [0.25, 0.3) is 34.8 Å². The number of ether oxygens (including phenoxy) is 9. The number of fused-ring (bicyclic) bond motifs is 1. The number of aliphatic hydroxyl groups excluding tert-OH is 9. The van der Waals surface area contributed by atoms with Gasteiger partial charge in [-0.05, 0) is 77.9 Å². The third-order valence-electron chi connectivity index (χ3n) is 12.7. The molecule has 0 saturated carbocycles. The molecule has 26 heteroatoms. The van der Waals surface area contributed by atoms with Gasteiger partial charge in [0.2, 0.25) is 12.6 Å². The number of hydrogen-bond donors (Lipinski definition) is 13. The smallest absolute Gasteiger partial charge is 0.330 e. The topological polar surface area (TPSA) is 410 Å². The van der Waals surface area contributed by atoms with Crippen molar-refractivity contribution in [1.29, 1.82) is 0 Å². The molecule has 13 N–H and O–H groups in total. The summed E-state index contributed by atoms with van der Waals surface area (Å²) in [7, 11) is 1.32. The van der Waals surface area contributed by atoms with Crippen LogP contribution in [0.1, 0.15) is 11.1 Å². The fourth-order valence-corrected chi connectivity index (χ4v) is 8.37. The molecule has 5 aliphatic rings. The van der Waals surface area contributed by atoms with Crippen LogP contribution in [-0.2, 0) is 38.0 Å². The Labute approximate surface area is 440 Å². The monoisotopic (exact) mass is 1090 g/mol. The van der Waals surface area contributed by atoms with E-state index >= 15 is 0 Å². The van der Waals surface area contributed by atoms with Crippen LogP contribution >= 0.6 is 0 Å². The predicted octanol–water partition coefficient (Wildman–Crippen LogP) is -1.05. The molecule has 0 radical (unpaired) electrons. The van der Waals surface area contributed by atoms with Crippen LogP contribution in [0.5, 0.6) is 40.2 Å². The van der Waals surface area contributed by atoms with E-state index in [1.54, 1.807) is 0 Å². The van der Waals surface area contributed by atoms with E-state index in [0.717, 1.165) is 30.4 Å². The van der Waals surface area contributed by atoms with Crippen molar-refractivity contribution in [2.45, 2.75) is 92.1 Å². The van der Waals surface area contributed by atoms with Gasteiger partial charge in [0.1, 0.15) is 97.6 Å².